The van der Waals surface area contributed by atoms with Crippen LogP contribution in [-0.4, -0.2) is 17.1 Å². The number of benzene rings is 1. The molecule has 0 aliphatic carbocycles. The molecule has 2 aromatic rings. The summed E-state index contributed by atoms with van der Waals surface area (Å²) < 4.78 is 5.66. The molecule has 2 rings (SSSR count). The highest BCUT2D eigenvalue weighted by Crippen LogP contribution is 2.19. The van der Waals surface area contributed by atoms with Gasteiger partial charge in [-0.2, -0.15) is 0 Å². The summed E-state index contributed by atoms with van der Waals surface area (Å²) in [4.78, 5) is 4.23. The molecule has 18 heavy (non-hydrogen) atoms. The van der Waals surface area contributed by atoms with Crippen LogP contribution in [-0.2, 0) is 13.2 Å². The van der Waals surface area contributed by atoms with Crippen LogP contribution in [0.25, 0.3) is 0 Å². The highest BCUT2D eigenvalue weighted by molar-refractivity contribution is 5.42. The maximum Gasteiger partial charge on any atom is 0.130 e. The minimum atomic E-state index is -0.0276. The molecule has 2 N–H and O–H groups in total. The van der Waals surface area contributed by atoms with E-state index in [-0.39, 0.29) is 6.61 Å². The van der Waals surface area contributed by atoms with E-state index in [2.05, 4.69) is 10.3 Å². The minimum Gasteiger partial charge on any atom is -0.487 e. The Balaban J connectivity index is 2.06. The maximum absolute atomic E-state index is 9.19. The second-order valence-corrected chi connectivity index (χ2v) is 3.84. The summed E-state index contributed by atoms with van der Waals surface area (Å²) in [5, 5.41) is 12.2. The lowest BCUT2D eigenvalue weighted by atomic mass is 10.2. The topological polar surface area (TPSA) is 54.4 Å². The highest BCUT2D eigenvalue weighted by Gasteiger charge is 2.03. The third kappa shape index (κ3) is 2.99. The summed E-state index contributed by atoms with van der Waals surface area (Å²) in [7, 11) is 1.86. The van der Waals surface area contributed by atoms with Gasteiger partial charge in [0.25, 0.3) is 0 Å². The summed E-state index contributed by atoms with van der Waals surface area (Å²) in [6.07, 6.45) is 1.74. The van der Waals surface area contributed by atoms with Gasteiger partial charge in [0.05, 0.1) is 12.3 Å². The molecule has 1 aromatic heterocycles. The second-order valence-electron chi connectivity index (χ2n) is 3.84. The van der Waals surface area contributed by atoms with Crippen molar-refractivity contribution in [1.82, 2.24) is 4.98 Å². The Labute approximate surface area is 106 Å². The predicted octanol–water partition coefficient (Wildman–Crippen LogP) is 2.19. The van der Waals surface area contributed by atoms with Gasteiger partial charge in [0.15, 0.2) is 0 Å². The van der Waals surface area contributed by atoms with Crippen LogP contribution in [0.5, 0.6) is 5.75 Å². The lowest BCUT2D eigenvalue weighted by Crippen LogP contribution is -2.01. The van der Waals surface area contributed by atoms with Crippen LogP contribution in [0, 0.1) is 0 Å². The summed E-state index contributed by atoms with van der Waals surface area (Å²) in [6, 6.07) is 11.3. The molecule has 0 fully saturated rings. The molecule has 0 unspecified atom stereocenters. The summed E-state index contributed by atoms with van der Waals surface area (Å²) in [5.74, 6) is 0.691. The molecule has 94 valence electrons. The molecule has 0 atom stereocenters. The van der Waals surface area contributed by atoms with Gasteiger partial charge in [0.2, 0.25) is 0 Å². The molecule has 0 saturated heterocycles. The Morgan fingerprint density at radius 2 is 2.11 bits per heavy atom. The average Bonchev–Trinajstić information content (AvgIpc) is 2.45. The fourth-order valence-corrected chi connectivity index (χ4v) is 1.64. The van der Waals surface area contributed by atoms with Crippen LogP contribution in [0.2, 0.25) is 0 Å². The van der Waals surface area contributed by atoms with Crippen molar-refractivity contribution in [2.24, 2.45) is 0 Å². The van der Waals surface area contributed by atoms with E-state index < -0.39 is 0 Å². The lowest BCUT2D eigenvalue weighted by molar-refractivity contribution is 0.257. The first kappa shape index (κ1) is 12.4. The number of anilines is 1. The minimum absolute atomic E-state index is 0.0276. The van der Waals surface area contributed by atoms with Crippen LogP contribution >= 0.6 is 0 Å². The van der Waals surface area contributed by atoms with Crippen LogP contribution in [0.3, 0.4) is 0 Å². The number of nitrogens with zero attached hydrogens (tertiary/aromatic N) is 1. The first-order chi connectivity index (χ1) is 8.83. The Morgan fingerprint density at radius 3 is 2.89 bits per heavy atom. The quantitative estimate of drug-likeness (QED) is 0.846. The van der Waals surface area contributed by atoms with E-state index >= 15 is 0 Å². The lowest BCUT2D eigenvalue weighted by Gasteiger charge is -2.10. The number of aliphatic hydroxyl groups is 1. The number of aromatic nitrogens is 1. The van der Waals surface area contributed by atoms with Crippen LogP contribution in [0.4, 0.5) is 5.69 Å². The normalized spacial score (nSPS) is 10.1. The fourth-order valence-electron chi connectivity index (χ4n) is 1.64. The molecule has 4 nitrogen and oxygen atoms in total. The Bertz CT molecular complexity index is 515. The summed E-state index contributed by atoms with van der Waals surface area (Å²) in [6.45, 7) is 0.354. The molecule has 0 spiro atoms. The van der Waals surface area contributed by atoms with Gasteiger partial charge in [-0.3, -0.25) is 4.98 Å². The average molecular weight is 244 g/mol. The van der Waals surface area contributed by atoms with E-state index in [0.717, 1.165) is 16.9 Å². The van der Waals surface area contributed by atoms with Crippen LogP contribution in [0.15, 0.2) is 42.6 Å². The first-order valence-electron chi connectivity index (χ1n) is 5.77. The number of hydrogen-bond acceptors (Lipinski definition) is 4. The van der Waals surface area contributed by atoms with Crippen molar-refractivity contribution >= 4 is 5.69 Å². The van der Waals surface area contributed by atoms with Crippen molar-refractivity contribution in [3.63, 3.8) is 0 Å². The maximum atomic E-state index is 9.19. The van der Waals surface area contributed by atoms with E-state index in [0.29, 0.717) is 12.4 Å². The van der Waals surface area contributed by atoms with Crippen LogP contribution in [0.1, 0.15) is 11.3 Å². The molecule has 1 aromatic carbocycles. The van der Waals surface area contributed by atoms with E-state index in [1.165, 1.54) is 0 Å². The number of rotatable bonds is 5. The van der Waals surface area contributed by atoms with Crippen molar-refractivity contribution in [2.45, 2.75) is 13.2 Å². The number of aliphatic hydroxyl groups excluding tert-OH is 1. The summed E-state index contributed by atoms with van der Waals surface area (Å²) in [5.41, 5.74) is 2.62. The molecule has 0 saturated carbocycles. The highest BCUT2D eigenvalue weighted by atomic mass is 16.5. The predicted molar refractivity (Wildman–Crippen MR) is 70.5 cm³/mol. The molecule has 0 bridgehead atoms. The zero-order valence-electron chi connectivity index (χ0n) is 10.3. The molecule has 4 heteroatoms. The van der Waals surface area contributed by atoms with Crippen LogP contribution < -0.4 is 10.1 Å². The molecule has 0 aliphatic rings. The van der Waals surface area contributed by atoms with E-state index in [1.807, 2.05) is 43.4 Å². The molecule has 0 radical (unpaired) electrons. The molecule has 1 heterocycles. The number of ether oxygens (including phenoxy) is 1. The fraction of sp³-hybridized carbons (Fsp3) is 0.214. The third-order valence-electron chi connectivity index (χ3n) is 2.62. The first-order valence-corrected chi connectivity index (χ1v) is 5.77. The van der Waals surface area contributed by atoms with Gasteiger partial charge in [-0.15, -0.1) is 0 Å². The van der Waals surface area contributed by atoms with Crippen molar-refractivity contribution < 1.29 is 9.84 Å². The van der Waals surface area contributed by atoms with Gasteiger partial charge >= 0.3 is 0 Å². The van der Waals surface area contributed by atoms with E-state index in [9.17, 15) is 5.11 Å². The number of para-hydroxylation sites is 1. The molecule has 0 amide bonds. The Hall–Kier alpha value is -2.07. The van der Waals surface area contributed by atoms with E-state index in [1.54, 1.807) is 6.20 Å². The molecule has 0 aliphatic heterocycles. The van der Waals surface area contributed by atoms with Gasteiger partial charge < -0.3 is 15.2 Å². The zero-order valence-corrected chi connectivity index (χ0v) is 10.3. The smallest absolute Gasteiger partial charge is 0.130 e. The Kier molecular flexibility index (Phi) is 4.15. The second kappa shape index (κ2) is 6.02. The third-order valence-corrected chi connectivity index (χ3v) is 2.62. The number of pyridine rings is 1. The largest absolute Gasteiger partial charge is 0.487 e. The van der Waals surface area contributed by atoms with Crippen molar-refractivity contribution in [2.75, 3.05) is 12.4 Å². The van der Waals surface area contributed by atoms with Gasteiger partial charge in [0.1, 0.15) is 12.4 Å². The van der Waals surface area contributed by atoms with Gasteiger partial charge in [0, 0.05) is 24.5 Å². The Morgan fingerprint density at radius 1 is 1.28 bits per heavy atom. The molecular formula is C14H16N2O2. The van der Waals surface area contributed by atoms with Crippen molar-refractivity contribution in [1.29, 1.82) is 0 Å². The van der Waals surface area contributed by atoms with Crippen molar-refractivity contribution in [3.05, 3.63) is 53.9 Å². The SMILES string of the molecule is CNc1ccnc(COc2ccccc2CO)c1. The number of nitrogens with one attached hydrogen (secondary N) is 1. The van der Waals surface area contributed by atoms with Crippen molar-refractivity contribution in [3.8, 4) is 5.75 Å². The standard InChI is InChI=1S/C14H16N2O2/c1-15-12-6-7-16-13(8-12)10-18-14-5-3-2-4-11(14)9-17/h2-8,17H,9-10H2,1H3,(H,15,16). The zero-order chi connectivity index (χ0) is 12.8. The van der Waals surface area contributed by atoms with Gasteiger partial charge in [-0.1, -0.05) is 18.2 Å². The van der Waals surface area contributed by atoms with Gasteiger partial charge in [-0.05, 0) is 18.2 Å². The summed E-state index contributed by atoms with van der Waals surface area (Å²) >= 11 is 0. The molecular weight excluding hydrogens is 228 g/mol. The number of hydrogen-bond donors (Lipinski definition) is 2. The van der Waals surface area contributed by atoms with E-state index in [4.69, 9.17) is 4.74 Å². The van der Waals surface area contributed by atoms with Gasteiger partial charge in [-0.25, -0.2) is 0 Å². The monoisotopic (exact) mass is 244 g/mol.